The minimum absolute atomic E-state index is 0.0824. The molecule has 0 heterocycles. The van der Waals surface area contributed by atoms with Gasteiger partial charge in [0.2, 0.25) is 0 Å². The number of rotatable bonds is 4. The quantitative estimate of drug-likeness (QED) is 0.633. The third kappa shape index (κ3) is 3.02. The predicted octanol–water partition coefficient (Wildman–Crippen LogP) is 4.76. The van der Waals surface area contributed by atoms with Crippen molar-refractivity contribution < 1.29 is 9.66 Å². The SMILES string of the molecule is COc1ccc(Br)c(Nc2cccc(Cl)c2[N+](=O)[O-])c1. The van der Waals surface area contributed by atoms with E-state index in [0.29, 0.717) is 17.1 Å². The summed E-state index contributed by atoms with van der Waals surface area (Å²) >= 11 is 9.25. The summed E-state index contributed by atoms with van der Waals surface area (Å²) in [6.45, 7) is 0. The van der Waals surface area contributed by atoms with Gasteiger partial charge in [-0.25, -0.2) is 0 Å². The van der Waals surface area contributed by atoms with Gasteiger partial charge in [0, 0.05) is 10.5 Å². The molecule has 5 nitrogen and oxygen atoms in total. The monoisotopic (exact) mass is 356 g/mol. The second kappa shape index (κ2) is 6.11. The van der Waals surface area contributed by atoms with E-state index in [-0.39, 0.29) is 10.7 Å². The Morgan fingerprint density at radius 2 is 2.05 bits per heavy atom. The standard InChI is InChI=1S/C13H10BrClN2O3/c1-20-8-5-6-9(14)12(7-8)16-11-4-2-3-10(15)13(11)17(18)19/h2-7,16H,1H3. The van der Waals surface area contributed by atoms with Crippen molar-refractivity contribution in [1.29, 1.82) is 0 Å². The molecule has 1 N–H and O–H groups in total. The largest absolute Gasteiger partial charge is 0.497 e. The summed E-state index contributed by atoms with van der Waals surface area (Å²) in [6, 6.07) is 10.0. The van der Waals surface area contributed by atoms with Gasteiger partial charge in [0.05, 0.1) is 17.7 Å². The van der Waals surface area contributed by atoms with Gasteiger partial charge in [-0.05, 0) is 40.2 Å². The van der Waals surface area contributed by atoms with Crippen LogP contribution in [0.15, 0.2) is 40.9 Å². The number of para-hydroxylation sites is 1. The first-order chi connectivity index (χ1) is 9.52. The van der Waals surface area contributed by atoms with Crippen LogP contribution >= 0.6 is 27.5 Å². The number of halogens is 2. The van der Waals surface area contributed by atoms with Crippen LogP contribution in [0, 0.1) is 10.1 Å². The van der Waals surface area contributed by atoms with E-state index in [4.69, 9.17) is 16.3 Å². The highest BCUT2D eigenvalue weighted by Gasteiger charge is 2.19. The number of nitrogens with zero attached hydrogens (tertiary/aromatic N) is 1. The molecule has 7 heteroatoms. The number of nitro groups is 1. The Bertz CT molecular complexity index is 664. The van der Waals surface area contributed by atoms with Gasteiger partial charge in [0.25, 0.3) is 0 Å². The Hall–Kier alpha value is -1.79. The second-order valence-corrected chi connectivity index (χ2v) is 5.13. The Morgan fingerprint density at radius 1 is 1.30 bits per heavy atom. The van der Waals surface area contributed by atoms with Crippen molar-refractivity contribution >= 4 is 44.6 Å². The zero-order chi connectivity index (χ0) is 14.7. The summed E-state index contributed by atoms with van der Waals surface area (Å²) in [5, 5.41) is 14.2. The first-order valence-electron chi connectivity index (χ1n) is 5.56. The van der Waals surface area contributed by atoms with Crippen LogP contribution < -0.4 is 10.1 Å². The molecule has 0 radical (unpaired) electrons. The fraction of sp³-hybridized carbons (Fsp3) is 0.0769. The van der Waals surface area contributed by atoms with Crippen molar-refractivity contribution in [2.45, 2.75) is 0 Å². The first-order valence-corrected chi connectivity index (χ1v) is 6.73. The number of nitro benzene ring substituents is 1. The molecule has 0 aliphatic heterocycles. The lowest BCUT2D eigenvalue weighted by Gasteiger charge is -2.11. The van der Waals surface area contributed by atoms with Gasteiger partial charge in [-0.15, -0.1) is 0 Å². The zero-order valence-electron chi connectivity index (χ0n) is 10.4. The molecule has 0 amide bonds. The van der Waals surface area contributed by atoms with Crippen LogP contribution in [0.1, 0.15) is 0 Å². The van der Waals surface area contributed by atoms with E-state index < -0.39 is 4.92 Å². The molecule has 20 heavy (non-hydrogen) atoms. The summed E-state index contributed by atoms with van der Waals surface area (Å²) in [7, 11) is 1.55. The predicted molar refractivity (Wildman–Crippen MR) is 82.1 cm³/mol. The molecule has 0 aliphatic carbocycles. The smallest absolute Gasteiger partial charge is 0.311 e. The third-order valence-electron chi connectivity index (χ3n) is 2.61. The Morgan fingerprint density at radius 3 is 2.70 bits per heavy atom. The van der Waals surface area contributed by atoms with Crippen molar-refractivity contribution in [3.8, 4) is 5.75 Å². The van der Waals surface area contributed by atoms with Crippen LogP contribution in [0.3, 0.4) is 0 Å². The number of ether oxygens (including phenoxy) is 1. The molecule has 0 bridgehead atoms. The summed E-state index contributed by atoms with van der Waals surface area (Å²) in [5.74, 6) is 0.639. The average Bonchev–Trinajstić information content (AvgIpc) is 2.41. The Kier molecular flexibility index (Phi) is 4.46. The molecular formula is C13H10BrClN2O3. The van der Waals surface area contributed by atoms with E-state index in [9.17, 15) is 10.1 Å². The second-order valence-electron chi connectivity index (χ2n) is 3.86. The fourth-order valence-corrected chi connectivity index (χ4v) is 2.26. The minimum Gasteiger partial charge on any atom is -0.497 e. The van der Waals surface area contributed by atoms with Crippen molar-refractivity contribution in [3.63, 3.8) is 0 Å². The van der Waals surface area contributed by atoms with Gasteiger partial charge in [0.1, 0.15) is 16.5 Å². The molecule has 0 atom stereocenters. The molecule has 0 spiro atoms. The molecule has 2 aromatic rings. The zero-order valence-corrected chi connectivity index (χ0v) is 12.7. The van der Waals surface area contributed by atoms with E-state index >= 15 is 0 Å². The number of methoxy groups -OCH3 is 1. The van der Waals surface area contributed by atoms with E-state index in [2.05, 4.69) is 21.2 Å². The van der Waals surface area contributed by atoms with Crippen molar-refractivity contribution in [2.24, 2.45) is 0 Å². The van der Waals surface area contributed by atoms with Crippen molar-refractivity contribution in [3.05, 3.63) is 56.0 Å². The van der Waals surface area contributed by atoms with Crippen LogP contribution in [-0.4, -0.2) is 12.0 Å². The molecule has 104 valence electrons. The molecule has 0 saturated carbocycles. The van der Waals surface area contributed by atoms with Crippen LogP contribution in [0.2, 0.25) is 5.02 Å². The highest BCUT2D eigenvalue weighted by molar-refractivity contribution is 9.10. The number of hydrogen-bond acceptors (Lipinski definition) is 4. The van der Waals surface area contributed by atoms with Crippen LogP contribution in [-0.2, 0) is 0 Å². The van der Waals surface area contributed by atoms with Crippen LogP contribution in [0.5, 0.6) is 5.75 Å². The summed E-state index contributed by atoms with van der Waals surface area (Å²) < 4.78 is 5.89. The lowest BCUT2D eigenvalue weighted by molar-refractivity contribution is -0.383. The van der Waals surface area contributed by atoms with Gasteiger partial charge in [-0.1, -0.05) is 17.7 Å². The molecule has 0 saturated heterocycles. The molecule has 0 fully saturated rings. The molecule has 2 aromatic carbocycles. The summed E-state index contributed by atoms with van der Waals surface area (Å²) in [6.07, 6.45) is 0. The third-order valence-corrected chi connectivity index (χ3v) is 3.61. The first kappa shape index (κ1) is 14.6. The Labute approximate surface area is 128 Å². The van der Waals surface area contributed by atoms with Crippen molar-refractivity contribution in [1.82, 2.24) is 0 Å². The van der Waals surface area contributed by atoms with E-state index in [1.807, 2.05) is 0 Å². The van der Waals surface area contributed by atoms with E-state index in [0.717, 1.165) is 4.47 Å². The lowest BCUT2D eigenvalue weighted by atomic mass is 10.2. The van der Waals surface area contributed by atoms with Crippen molar-refractivity contribution in [2.75, 3.05) is 12.4 Å². The highest BCUT2D eigenvalue weighted by atomic mass is 79.9. The average molecular weight is 358 g/mol. The maximum absolute atomic E-state index is 11.1. The summed E-state index contributed by atoms with van der Waals surface area (Å²) in [5.41, 5.74) is 0.801. The highest BCUT2D eigenvalue weighted by Crippen LogP contribution is 2.37. The van der Waals surface area contributed by atoms with Gasteiger partial charge in [0.15, 0.2) is 0 Å². The van der Waals surface area contributed by atoms with E-state index in [1.54, 1.807) is 37.4 Å². The summed E-state index contributed by atoms with van der Waals surface area (Å²) in [4.78, 5) is 10.6. The van der Waals surface area contributed by atoms with Gasteiger partial charge >= 0.3 is 5.69 Å². The molecule has 0 aromatic heterocycles. The molecule has 2 rings (SSSR count). The van der Waals surface area contributed by atoms with Gasteiger partial charge in [-0.3, -0.25) is 10.1 Å². The number of hydrogen-bond donors (Lipinski definition) is 1. The minimum atomic E-state index is -0.515. The fourth-order valence-electron chi connectivity index (χ4n) is 1.67. The molecular weight excluding hydrogens is 348 g/mol. The maximum Gasteiger partial charge on any atom is 0.311 e. The topological polar surface area (TPSA) is 64.4 Å². The van der Waals surface area contributed by atoms with Crippen LogP contribution in [0.4, 0.5) is 17.1 Å². The van der Waals surface area contributed by atoms with Crippen LogP contribution in [0.25, 0.3) is 0 Å². The van der Waals surface area contributed by atoms with Gasteiger partial charge < -0.3 is 10.1 Å². The van der Waals surface area contributed by atoms with E-state index in [1.165, 1.54) is 6.07 Å². The van der Waals surface area contributed by atoms with Gasteiger partial charge in [-0.2, -0.15) is 0 Å². The number of benzene rings is 2. The number of anilines is 2. The maximum atomic E-state index is 11.1. The lowest BCUT2D eigenvalue weighted by Crippen LogP contribution is -1.98. The molecule has 0 aliphatic rings. The Balaban J connectivity index is 2.45. The normalized spacial score (nSPS) is 10.2. The number of nitrogens with one attached hydrogen (secondary N) is 1. The molecule has 0 unspecified atom stereocenters.